The third-order valence-corrected chi connectivity index (χ3v) is 4.43. The summed E-state index contributed by atoms with van der Waals surface area (Å²) in [7, 11) is 1.58. The molecule has 0 aliphatic rings. The highest BCUT2D eigenvalue weighted by molar-refractivity contribution is 5.80. The monoisotopic (exact) mass is 411 g/mol. The lowest BCUT2D eigenvalue weighted by molar-refractivity contribution is -0.127. The SMILES string of the molecule is COc1ccc(-c2cc(=O)n(CCNC(=O)C(C)Oc3ccccc3F)cn2)cc1. The van der Waals surface area contributed by atoms with Crippen molar-refractivity contribution in [2.45, 2.75) is 19.6 Å². The topological polar surface area (TPSA) is 82.5 Å². The second kappa shape index (κ2) is 9.69. The number of hydrogen-bond acceptors (Lipinski definition) is 5. The molecule has 1 N–H and O–H groups in total. The van der Waals surface area contributed by atoms with E-state index in [0.29, 0.717) is 5.69 Å². The number of carbonyl (C=O) groups is 1. The van der Waals surface area contributed by atoms with E-state index in [2.05, 4.69) is 10.3 Å². The number of ether oxygens (including phenoxy) is 2. The van der Waals surface area contributed by atoms with Gasteiger partial charge < -0.3 is 14.8 Å². The zero-order chi connectivity index (χ0) is 21.5. The Balaban J connectivity index is 1.54. The van der Waals surface area contributed by atoms with E-state index in [0.717, 1.165) is 11.3 Å². The molecule has 1 atom stereocenters. The molecule has 1 amide bonds. The molecule has 156 valence electrons. The van der Waals surface area contributed by atoms with E-state index in [4.69, 9.17) is 9.47 Å². The first-order valence-corrected chi connectivity index (χ1v) is 9.37. The lowest BCUT2D eigenvalue weighted by Crippen LogP contribution is -2.39. The zero-order valence-corrected chi connectivity index (χ0v) is 16.7. The zero-order valence-electron chi connectivity index (χ0n) is 16.7. The van der Waals surface area contributed by atoms with Gasteiger partial charge in [0.05, 0.1) is 19.1 Å². The highest BCUT2D eigenvalue weighted by atomic mass is 19.1. The van der Waals surface area contributed by atoms with Crippen LogP contribution in [0.3, 0.4) is 0 Å². The number of amides is 1. The van der Waals surface area contributed by atoms with Crippen molar-refractivity contribution in [2.24, 2.45) is 0 Å². The van der Waals surface area contributed by atoms with Crippen molar-refractivity contribution in [2.75, 3.05) is 13.7 Å². The van der Waals surface area contributed by atoms with Gasteiger partial charge in [-0.25, -0.2) is 9.37 Å². The van der Waals surface area contributed by atoms with Gasteiger partial charge in [-0.2, -0.15) is 0 Å². The predicted molar refractivity (Wildman–Crippen MR) is 110 cm³/mol. The summed E-state index contributed by atoms with van der Waals surface area (Å²) in [4.78, 5) is 28.8. The number of rotatable bonds is 8. The Hall–Kier alpha value is -3.68. The molecule has 3 rings (SSSR count). The normalized spacial score (nSPS) is 11.6. The number of nitrogens with one attached hydrogen (secondary N) is 1. The van der Waals surface area contributed by atoms with Crippen molar-refractivity contribution in [3.63, 3.8) is 0 Å². The first-order chi connectivity index (χ1) is 14.5. The van der Waals surface area contributed by atoms with Gasteiger partial charge in [0.15, 0.2) is 17.7 Å². The minimum absolute atomic E-state index is 0.00897. The van der Waals surface area contributed by atoms with Crippen LogP contribution >= 0.6 is 0 Å². The Kier molecular flexibility index (Phi) is 6.79. The number of aromatic nitrogens is 2. The fourth-order valence-corrected chi connectivity index (χ4v) is 2.74. The van der Waals surface area contributed by atoms with Crippen LogP contribution < -0.4 is 20.3 Å². The van der Waals surface area contributed by atoms with Gasteiger partial charge in [0.1, 0.15) is 5.75 Å². The maximum Gasteiger partial charge on any atom is 0.260 e. The van der Waals surface area contributed by atoms with E-state index in [9.17, 15) is 14.0 Å². The van der Waals surface area contributed by atoms with Gasteiger partial charge in [0.25, 0.3) is 11.5 Å². The summed E-state index contributed by atoms with van der Waals surface area (Å²) in [5.41, 5.74) is 1.11. The van der Waals surface area contributed by atoms with Gasteiger partial charge in [0, 0.05) is 24.7 Å². The number of carbonyl (C=O) groups excluding carboxylic acids is 1. The number of methoxy groups -OCH3 is 1. The molecule has 3 aromatic rings. The second-order valence-corrected chi connectivity index (χ2v) is 6.52. The van der Waals surface area contributed by atoms with E-state index in [1.807, 2.05) is 12.1 Å². The van der Waals surface area contributed by atoms with Crippen molar-refractivity contribution in [1.29, 1.82) is 0 Å². The maximum atomic E-state index is 13.6. The molecule has 0 saturated carbocycles. The summed E-state index contributed by atoms with van der Waals surface area (Å²) < 4.78 is 25.5. The van der Waals surface area contributed by atoms with Gasteiger partial charge >= 0.3 is 0 Å². The molecule has 1 unspecified atom stereocenters. The summed E-state index contributed by atoms with van der Waals surface area (Å²) in [5.74, 6) is -0.216. The minimum Gasteiger partial charge on any atom is -0.497 e. The Morgan fingerprint density at radius 1 is 1.20 bits per heavy atom. The van der Waals surface area contributed by atoms with Crippen LogP contribution in [0.15, 0.2) is 65.7 Å². The summed E-state index contributed by atoms with van der Waals surface area (Å²) in [6, 6.07) is 14.5. The van der Waals surface area contributed by atoms with Gasteiger partial charge in [-0.3, -0.25) is 14.2 Å². The third kappa shape index (κ3) is 5.22. The Morgan fingerprint density at radius 3 is 2.60 bits per heavy atom. The molecule has 30 heavy (non-hydrogen) atoms. The van der Waals surface area contributed by atoms with Gasteiger partial charge in [-0.15, -0.1) is 0 Å². The van der Waals surface area contributed by atoms with E-state index in [1.165, 1.54) is 36.0 Å². The molecule has 1 aromatic heterocycles. The van der Waals surface area contributed by atoms with E-state index in [-0.39, 0.29) is 24.4 Å². The largest absolute Gasteiger partial charge is 0.497 e. The van der Waals surface area contributed by atoms with E-state index >= 15 is 0 Å². The molecule has 0 bridgehead atoms. The molecule has 8 heteroatoms. The number of halogens is 1. The van der Waals surface area contributed by atoms with Crippen molar-refractivity contribution < 1.29 is 18.7 Å². The van der Waals surface area contributed by atoms with Crippen LogP contribution in [-0.4, -0.2) is 35.2 Å². The van der Waals surface area contributed by atoms with E-state index < -0.39 is 17.8 Å². The quantitative estimate of drug-likeness (QED) is 0.616. The average Bonchev–Trinajstić information content (AvgIpc) is 2.76. The molecule has 0 saturated heterocycles. The maximum absolute atomic E-state index is 13.6. The molecule has 1 heterocycles. The fraction of sp³-hybridized carbons (Fsp3) is 0.227. The van der Waals surface area contributed by atoms with Crippen LogP contribution in [0.1, 0.15) is 6.92 Å². The van der Waals surface area contributed by atoms with Crippen LogP contribution in [-0.2, 0) is 11.3 Å². The van der Waals surface area contributed by atoms with Crippen LogP contribution in [0.5, 0.6) is 11.5 Å². The Labute approximate surface area is 173 Å². The van der Waals surface area contributed by atoms with Crippen LogP contribution in [0.2, 0.25) is 0 Å². The third-order valence-electron chi connectivity index (χ3n) is 4.43. The summed E-state index contributed by atoms with van der Waals surface area (Å²) in [5, 5.41) is 2.67. The summed E-state index contributed by atoms with van der Waals surface area (Å²) >= 11 is 0. The molecule has 2 aromatic carbocycles. The van der Waals surface area contributed by atoms with Gasteiger partial charge in [0.2, 0.25) is 0 Å². The number of benzene rings is 2. The molecule has 0 fully saturated rings. The molecule has 0 aliphatic heterocycles. The molecular weight excluding hydrogens is 389 g/mol. The van der Waals surface area contributed by atoms with Crippen molar-refractivity contribution in [3.8, 4) is 22.8 Å². The fourth-order valence-electron chi connectivity index (χ4n) is 2.74. The van der Waals surface area contributed by atoms with Crippen LogP contribution in [0.4, 0.5) is 4.39 Å². The van der Waals surface area contributed by atoms with Crippen molar-refractivity contribution >= 4 is 5.91 Å². The predicted octanol–water partition coefficient (Wildman–Crippen LogP) is 2.64. The molecular formula is C22H22FN3O4. The number of hydrogen-bond donors (Lipinski definition) is 1. The Morgan fingerprint density at radius 2 is 1.93 bits per heavy atom. The lowest BCUT2D eigenvalue weighted by Gasteiger charge is -2.15. The molecule has 0 aliphatic carbocycles. The lowest BCUT2D eigenvalue weighted by atomic mass is 10.1. The second-order valence-electron chi connectivity index (χ2n) is 6.52. The standard InChI is InChI=1S/C22H22FN3O4/c1-15(30-20-6-4-3-5-18(20)23)22(28)24-11-12-26-14-25-19(13-21(26)27)16-7-9-17(29-2)10-8-16/h3-10,13-15H,11-12H2,1-2H3,(H,24,28). The first-order valence-electron chi connectivity index (χ1n) is 9.37. The van der Waals surface area contributed by atoms with Crippen LogP contribution in [0.25, 0.3) is 11.3 Å². The van der Waals surface area contributed by atoms with Crippen LogP contribution in [0, 0.1) is 5.82 Å². The number of nitrogens with zero attached hydrogens (tertiary/aromatic N) is 2. The minimum atomic E-state index is -0.880. The van der Waals surface area contributed by atoms with Gasteiger partial charge in [-0.1, -0.05) is 12.1 Å². The molecule has 0 radical (unpaired) electrons. The van der Waals surface area contributed by atoms with Crippen molar-refractivity contribution in [3.05, 3.63) is 77.1 Å². The average molecular weight is 411 g/mol. The summed E-state index contributed by atoms with van der Waals surface area (Å²) in [6.45, 7) is 1.97. The first kappa shape index (κ1) is 21.0. The molecule has 0 spiro atoms. The highest BCUT2D eigenvalue weighted by Gasteiger charge is 2.16. The molecule has 7 nitrogen and oxygen atoms in total. The van der Waals surface area contributed by atoms with Crippen molar-refractivity contribution in [1.82, 2.24) is 14.9 Å². The van der Waals surface area contributed by atoms with Gasteiger partial charge in [-0.05, 0) is 43.3 Å². The summed E-state index contributed by atoms with van der Waals surface area (Å²) in [6.07, 6.45) is 0.557. The smallest absolute Gasteiger partial charge is 0.260 e. The number of para-hydroxylation sites is 1. The highest BCUT2D eigenvalue weighted by Crippen LogP contribution is 2.19. The Bertz CT molecular complexity index is 1070. The van der Waals surface area contributed by atoms with E-state index in [1.54, 1.807) is 31.4 Å².